The largest absolute Gasteiger partial charge is 0.459 e. The Labute approximate surface area is 161 Å². The van der Waals surface area contributed by atoms with Crippen LogP contribution in [0.3, 0.4) is 0 Å². The Hall–Kier alpha value is -2.26. The molecule has 1 aromatic carbocycles. The maximum Gasteiger partial charge on any atom is 0.306 e. The normalized spacial score (nSPS) is 18.2. The Morgan fingerprint density at radius 3 is 2.67 bits per heavy atom. The molecule has 3 rings (SSSR count). The highest BCUT2D eigenvalue weighted by Gasteiger charge is 2.30. The van der Waals surface area contributed by atoms with Crippen molar-refractivity contribution in [3.05, 3.63) is 41.4 Å². The third-order valence-corrected chi connectivity index (χ3v) is 6.93. The van der Waals surface area contributed by atoms with Crippen LogP contribution in [-0.2, 0) is 30.8 Å². The van der Waals surface area contributed by atoms with Crippen molar-refractivity contribution in [1.29, 1.82) is 0 Å². The molecular formula is C18H20N2O5S2. The number of esters is 1. The molecule has 1 saturated heterocycles. The van der Waals surface area contributed by atoms with Crippen LogP contribution in [0, 0.1) is 5.92 Å². The zero-order valence-electron chi connectivity index (χ0n) is 14.8. The van der Waals surface area contributed by atoms with E-state index in [9.17, 15) is 18.0 Å². The molecule has 0 N–H and O–H groups in total. The fraction of sp³-hybridized carbons (Fsp3) is 0.389. The fourth-order valence-electron chi connectivity index (χ4n) is 2.95. The van der Waals surface area contributed by atoms with Gasteiger partial charge in [-0.2, -0.15) is 0 Å². The van der Waals surface area contributed by atoms with Crippen LogP contribution in [0.1, 0.15) is 25.5 Å². The maximum atomic E-state index is 12.0. The number of rotatable bonds is 6. The molecule has 0 aliphatic carbocycles. The average molecular weight is 409 g/mol. The molecule has 0 radical (unpaired) electrons. The lowest BCUT2D eigenvalue weighted by Crippen LogP contribution is -2.22. The van der Waals surface area contributed by atoms with E-state index in [0.717, 1.165) is 0 Å². The molecule has 1 aliphatic rings. The number of benzene rings is 1. The second-order valence-corrected chi connectivity index (χ2v) is 9.51. The number of hydrogen-bond acceptors (Lipinski definition) is 7. The first-order chi connectivity index (χ1) is 12.8. The van der Waals surface area contributed by atoms with Gasteiger partial charge in [-0.1, -0.05) is 18.2 Å². The molecule has 0 saturated carbocycles. The second-order valence-electron chi connectivity index (χ2n) is 6.45. The number of aromatic nitrogens is 1. The minimum Gasteiger partial charge on any atom is -0.459 e. The molecule has 1 aliphatic heterocycles. The third-order valence-electron chi connectivity index (χ3n) is 4.22. The number of hydrogen-bond donors (Lipinski definition) is 0. The monoisotopic (exact) mass is 408 g/mol. The first-order valence-corrected chi connectivity index (χ1v) is 11.2. The van der Waals surface area contributed by atoms with E-state index >= 15 is 0 Å². The molecule has 27 heavy (non-hydrogen) atoms. The summed E-state index contributed by atoms with van der Waals surface area (Å²) in [5.41, 5.74) is 1.26. The fourth-order valence-corrected chi connectivity index (χ4v) is 5.68. The van der Waals surface area contributed by atoms with Crippen LogP contribution in [0.5, 0.6) is 0 Å². The highest BCUT2D eigenvalue weighted by molar-refractivity contribution is 7.91. The number of carbonyl (C=O) groups excluding carboxylic acids is 2. The minimum absolute atomic E-state index is 0.00463. The van der Waals surface area contributed by atoms with Gasteiger partial charge in [-0.25, -0.2) is 13.4 Å². The topological polar surface area (TPSA) is 93.6 Å². The van der Waals surface area contributed by atoms with Gasteiger partial charge in [0, 0.05) is 18.7 Å². The Bertz CT molecular complexity index is 924. The predicted molar refractivity (Wildman–Crippen MR) is 103 cm³/mol. The number of amides is 1. The Morgan fingerprint density at radius 2 is 2.04 bits per heavy atom. The second kappa shape index (κ2) is 8.18. The Morgan fingerprint density at radius 1 is 1.30 bits per heavy atom. The van der Waals surface area contributed by atoms with Gasteiger partial charge in [0.2, 0.25) is 5.91 Å². The van der Waals surface area contributed by atoms with Gasteiger partial charge in [-0.05, 0) is 24.5 Å². The molecule has 2 aromatic rings. The summed E-state index contributed by atoms with van der Waals surface area (Å²) >= 11 is 1.29. The van der Waals surface area contributed by atoms with Crippen LogP contribution in [0.25, 0.3) is 0 Å². The molecule has 0 bridgehead atoms. The summed E-state index contributed by atoms with van der Waals surface area (Å²) in [5.74, 6) is -0.576. The molecule has 7 nitrogen and oxygen atoms in total. The van der Waals surface area contributed by atoms with Gasteiger partial charge in [0.05, 0.1) is 22.9 Å². The van der Waals surface area contributed by atoms with Crippen molar-refractivity contribution in [1.82, 2.24) is 4.98 Å². The first kappa shape index (κ1) is 19.5. The molecule has 9 heteroatoms. The smallest absolute Gasteiger partial charge is 0.306 e. The van der Waals surface area contributed by atoms with Gasteiger partial charge in [-0.3, -0.25) is 14.5 Å². The van der Waals surface area contributed by atoms with Crippen molar-refractivity contribution in [3.8, 4) is 0 Å². The molecule has 1 fully saturated rings. The van der Waals surface area contributed by atoms with E-state index in [0.29, 0.717) is 22.9 Å². The summed E-state index contributed by atoms with van der Waals surface area (Å²) in [5, 5.41) is 2.24. The molecule has 2 heterocycles. The first-order valence-electron chi connectivity index (χ1n) is 8.50. The summed E-state index contributed by atoms with van der Waals surface area (Å²) in [4.78, 5) is 29.9. The van der Waals surface area contributed by atoms with E-state index in [1.165, 1.54) is 23.2 Å². The summed E-state index contributed by atoms with van der Waals surface area (Å²) in [6, 6.07) is 9.18. The Balaban J connectivity index is 1.59. The SMILES string of the molecule is CC(=O)N(c1ccccc1)c1nc(COC(=O)C[C@H]2CCS(=O)(=O)C2)cs1. The van der Waals surface area contributed by atoms with Crippen molar-refractivity contribution < 1.29 is 22.7 Å². The predicted octanol–water partition coefficient (Wildman–Crippen LogP) is 2.70. The molecule has 0 spiro atoms. The van der Waals surface area contributed by atoms with E-state index < -0.39 is 15.8 Å². The zero-order chi connectivity index (χ0) is 19.4. The number of anilines is 2. The highest BCUT2D eigenvalue weighted by atomic mass is 32.2. The summed E-state index contributed by atoms with van der Waals surface area (Å²) < 4.78 is 28.1. The minimum atomic E-state index is -3.00. The van der Waals surface area contributed by atoms with Crippen LogP contribution in [0.2, 0.25) is 0 Å². The lowest BCUT2D eigenvalue weighted by molar-refractivity contribution is -0.146. The van der Waals surface area contributed by atoms with Crippen molar-refractivity contribution in [2.24, 2.45) is 5.92 Å². The summed E-state index contributed by atoms with van der Waals surface area (Å²) in [6.45, 7) is 1.46. The lowest BCUT2D eigenvalue weighted by Gasteiger charge is -2.17. The number of para-hydroxylation sites is 1. The van der Waals surface area contributed by atoms with Crippen molar-refractivity contribution in [2.75, 3.05) is 16.4 Å². The van der Waals surface area contributed by atoms with Gasteiger partial charge in [0.25, 0.3) is 0 Å². The van der Waals surface area contributed by atoms with E-state index in [4.69, 9.17) is 4.74 Å². The van der Waals surface area contributed by atoms with Gasteiger partial charge in [0.1, 0.15) is 6.61 Å². The number of ether oxygens (including phenoxy) is 1. The van der Waals surface area contributed by atoms with E-state index in [1.807, 2.05) is 30.3 Å². The lowest BCUT2D eigenvalue weighted by atomic mass is 10.1. The number of carbonyl (C=O) groups is 2. The third kappa shape index (κ3) is 5.14. The highest BCUT2D eigenvalue weighted by Crippen LogP contribution is 2.29. The van der Waals surface area contributed by atoms with Crippen LogP contribution in [0.15, 0.2) is 35.7 Å². The van der Waals surface area contributed by atoms with Gasteiger partial charge >= 0.3 is 5.97 Å². The van der Waals surface area contributed by atoms with Gasteiger partial charge < -0.3 is 4.74 Å². The molecule has 1 aromatic heterocycles. The molecular weight excluding hydrogens is 388 g/mol. The van der Waals surface area contributed by atoms with Gasteiger partial charge in [0.15, 0.2) is 15.0 Å². The van der Waals surface area contributed by atoms with E-state index in [-0.39, 0.29) is 36.4 Å². The Kier molecular flexibility index (Phi) is 5.91. The number of thiazole rings is 1. The average Bonchev–Trinajstić information content (AvgIpc) is 3.20. The molecule has 1 atom stereocenters. The van der Waals surface area contributed by atoms with Crippen LogP contribution < -0.4 is 4.90 Å². The van der Waals surface area contributed by atoms with E-state index in [1.54, 1.807) is 5.38 Å². The van der Waals surface area contributed by atoms with Crippen molar-refractivity contribution >= 4 is 43.9 Å². The van der Waals surface area contributed by atoms with Crippen molar-refractivity contribution in [2.45, 2.75) is 26.4 Å². The standard InChI is InChI=1S/C18H20N2O5S2/c1-13(21)20(16-5-3-2-4-6-16)18-19-15(11-26-18)10-25-17(22)9-14-7-8-27(23,24)12-14/h2-6,11,14H,7-10,12H2,1H3/t14-/m1/s1. The molecule has 1 amide bonds. The van der Waals surface area contributed by atoms with Crippen molar-refractivity contribution in [3.63, 3.8) is 0 Å². The number of nitrogens with zero attached hydrogens (tertiary/aromatic N) is 2. The molecule has 0 unspecified atom stereocenters. The summed E-state index contributed by atoms with van der Waals surface area (Å²) in [7, 11) is -3.00. The van der Waals surface area contributed by atoms with Crippen LogP contribution >= 0.6 is 11.3 Å². The van der Waals surface area contributed by atoms with Crippen LogP contribution in [-0.4, -0.2) is 36.8 Å². The van der Waals surface area contributed by atoms with Gasteiger partial charge in [-0.15, -0.1) is 11.3 Å². The maximum absolute atomic E-state index is 12.0. The molecule has 144 valence electrons. The van der Waals surface area contributed by atoms with Crippen LogP contribution in [0.4, 0.5) is 10.8 Å². The van der Waals surface area contributed by atoms with E-state index in [2.05, 4.69) is 4.98 Å². The summed E-state index contributed by atoms with van der Waals surface area (Å²) in [6.07, 6.45) is 0.600. The number of sulfone groups is 1. The quantitative estimate of drug-likeness (QED) is 0.682. The zero-order valence-corrected chi connectivity index (χ0v) is 16.5.